The van der Waals surface area contributed by atoms with Crippen LogP contribution in [0.2, 0.25) is 0 Å². The van der Waals surface area contributed by atoms with Crippen molar-refractivity contribution in [3.63, 3.8) is 0 Å². The fraction of sp³-hybridized carbons (Fsp3) is 0.368. The fourth-order valence-electron chi connectivity index (χ4n) is 2.50. The Kier molecular flexibility index (Phi) is 7.03. The fourth-order valence-corrected chi connectivity index (χ4v) is 5.34. The van der Waals surface area contributed by atoms with Crippen molar-refractivity contribution in [2.24, 2.45) is 5.92 Å². The van der Waals surface area contributed by atoms with Gasteiger partial charge in [0, 0.05) is 0 Å². The molecular formula is C19H23AsN6OS2. The summed E-state index contributed by atoms with van der Waals surface area (Å²) >= 11 is 5.66. The van der Waals surface area contributed by atoms with Crippen LogP contribution in [0.1, 0.15) is 32.5 Å². The molecule has 0 aliphatic heterocycles. The van der Waals surface area contributed by atoms with Crippen LogP contribution in [0.5, 0.6) is 5.75 Å². The van der Waals surface area contributed by atoms with Crippen LogP contribution in [-0.2, 0) is 0 Å². The average molecular weight is 490 g/mol. The first kappa shape index (κ1) is 21.9. The Balaban J connectivity index is 0.000000552. The molecule has 4 rings (SSSR count). The second kappa shape index (κ2) is 9.32. The number of rotatable bonds is 4. The molecule has 1 unspecified atom stereocenters. The molecule has 29 heavy (non-hydrogen) atoms. The first-order chi connectivity index (χ1) is 13.8. The van der Waals surface area contributed by atoms with Gasteiger partial charge in [-0.1, -0.05) is 20.8 Å². The van der Waals surface area contributed by atoms with Gasteiger partial charge in [-0.2, -0.15) is 0 Å². The van der Waals surface area contributed by atoms with Crippen molar-refractivity contribution < 1.29 is 4.74 Å². The first-order valence-electron chi connectivity index (χ1n) is 9.09. The van der Waals surface area contributed by atoms with Gasteiger partial charge in [0.15, 0.2) is 0 Å². The van der Waals surface area contributed by atoms with E-state index in [-0.39, 0.29) is 4.83 Å². The van der Waals surface area contributed by atoms with E-state index in [0.29, 0.717) is 11.3 Å². The number of methoxy groups -OCH3 is 1. The third-order valence-electron chi connectivity index (χ3n) is 3.60. The molecule has 0 aliphatic carbocycles. The van der Waals surface area contributed by atoms with Crippen LogP contribution in [-0.4, -0.2) is 48.5 Å². The van der Waals surface area contributed by atoms with Crippen molar-refractivity contribution in [3.8, 4) is 5.75 Å². The molecule has 2 N–H and O–H groups in total. The SMILES string of the molecule is CC(C)C.COc1cccc2nc(Sc3nc4c(N)ncnc4n3C(C)[As])sc12. The minimum absolute atomic E-state index is 0.123. The number of thiazole rings is 1. The summed E-state index contributed by atoms with van der Waals surface area (Å²) < 4.78 is 9.36. The zero-order chi connectivity index (χ0) is 21.1. The van der Waals surface area contributed by atoms with E-state index in [1.54, 1.807) is 18.4 Å². The number of hydrogen-bond acceptors (Lipinski definition) is 8. The molecule has 0 saturated heterocycles. The third-order valence-corrected chi connectivity index (χ3v) is 6.21. The summed E-state index contributed by atoms with van der Waals surface area (Å²) in [6, 6.07) is 5.85. The molecule has 0 amide bonds. The predicted molar refractivity (Wildman–Crippen MR) is 121 cm³/mol. The number of nitrogens with zero attached hydrogens (tertiary/aromatic N) is 5. The van der Waals surface area contributed by atoms with Crippen LogP contribution < -0.4 is 10.5 Å². The Morgan fingerprint density at radius 1 is 1.17 bits per heavy atom. The predicted octanol–water partition coefficient (Wildman–Crippen LogP) is 4.53. The summed E-state index contributed by atoms with van der Waals surface area (Å²) in [7, 11) is 1.67. The molecule has 3 aromatic heterocycles. The summed E-state index contributed by atoms with van der Waals surface area (Å²) in [5.41, 5.74) is 8.21. The van der Waals surface area contributed by atoms with Crippen molar-refractivity contribution in [3.05, 3.63) is 24.5 Å². The zero-order valence-corrected chi connectivity index (χ0v) is 20.5. The van der Waals surface area contributed by atoms with E-state index in [4.69, 9.17) is 10.5 Å². The molecule has 7 nitrogen and oxygen atoms in total. The molecule has 0 spiro atoms. The van der Waals surface area contributed by atoms with Crippen molar-refractivity contribution in [2.45, 2.75) is 42.0 Å². The number of ether oxygens (including phenoxy) is 1. The van der Waals surface area contributed by atoms with Gasteiger partial charge in [-0.25, -0.2) is 0 Å². The molecule has 4 aromatic rings. The molecule has 1 atom stereocenters. The van der Waals surface area contributed by atoms with Gasteiger partial charge in [-0.05, 0) is 5.92 Å². The Hall–Kier alpha value is -1.83. The Morgan fingerprint density at radius 2 is 1.90 bits per heavy atom. The molecule has 1 aromatic carbocycles. The van der Waals surface area contributed by atoms with Crippen molar-refractivity contribution in [1.29, 1.82) is 0 Å². The Labute approximate surface area is 187 Å². The molecule has 152 valence electrons. The molecule has 0 aliphatic rings. The number of fused-ring (bicyclic) bond motifs is 2. The number of nitrogens with two attached hydrogens (primary N) is 1. The van der Waals surface area contributed by atoms with Crippen LogP contribution in [0.25, 0.3) is 21.4 Å². The number of anilines is 1. The van der Waals surface area contributed by atoms with Gasteiger partial charge in [0.25, 0.3) is 0 Å². The quantitative estimate of drug-likeness (QED) is 0.421. The molecule has 0 fully saturated rings. The van der Waals surface area contributed by atoms with Crippen molar-refractivity contribution in [2.75, 3.05) is 12.8 Å². The van der Waals surface area contributed by atoms with E-state index in [2.05, 4.69) is 64.5 Å². The second-order valence-electron chi connectivity index (χ2n) is 6.95. The van der Waals surface area contributed by atoms with E-state index in [9.17, 15) is 0 Å². The number of hydrogen-bond donors (Lipinski definition) is 1. The van der Waals surface area contributed by atoms with Gasteiger partial charge in [0.1, 0.15) is 0 Å². The average Bonchev–Trinajstić information content (AvgIpc) is 3.22. The van der Waals surface area contributed by atoms with Crippen molar-refractivity contribution >= 4 is 67.1 Å². The van der Waals surface area contributed by atoms with Gasteiger partial charge in [0.05, 0.1) is 0 Å². The molecule has 0 saturated carbocycles. The molecule has 3 heterocycles. The van der Waals surface area contributed by atoms with E-state index < -0.39 is 0 Å². The normalized spacial score (nSPS) is 12.2. The van der Waals surface area contributed by atoms with E-state index in [1.165, 1.54) is 18.1 Å². The molecule has 2 radical (unpaired) electrons. The number of nitrogen functional groups attached to an aromatic ring is 1. The maximum absolute atomic E-state index is 5.96. The van der Waals surface area contributed by atoms with Gasteiger partial charge in [0.2, 0.25) is 0 Å². The summed E-state index contributed by atoms with van der Waals surface area (Å²) in [5, 5.41) is 0.786. The standard InChI is InChI=1S/C15H13AsN6OS2.C4H10/c1-7(16)22-13-10(12(17)18-6-19-13)21-14(22)25-15-20-8-4-3-5-9(23-2)11(8)24-15;1-4(2)3/h3-7H,1-2H3,(H2,17,18,19);4H,1-3H3. The van der Waals surface area contributed by atoms with Gasteiger partial charge in [-0.3, -0.25) is 0 Å². The minimum atomic E-state index is 0.123. The van der Waals surface area contributed by atoms with E-state index in [0.717, 1.165) is 37.0 Å². The second-order valence-corrected chi connectivity index (χ2v) is 10.7. The topological polar surface area (TPSA) is 91.7 Å². The molecule has 0 bridgehead atoms. The van der Waals surface area contributed by atoms with Crippen molar-refractivity contribution in [1.82, 2.24) is 24.5 Å². The van der Waals surface area contributed by atoms with Gasteiger partial charge >= 0.3 is 161 Å². The first-order valence-corrected chi connectivity index (χ1v) is 11.8. The van der Waals surface area contributed by atoms with Crippen LogP contribution in [0.4, 0.5) is 5.82 Å². The van der Waals surface area contributed by atoms with Crippen LogP contribution in [0, 0.1) is 5.92 Å². The zero-order valence-electron chi connectivity index (χ0n) is 16.9. The summed E-state index contributed by atoms with van der Waals surface area (Å²) in [5.74, 6) is 2.04. The van der Waals surface area contributed by atoms with Crippen LogP contribution in [0.15, 0.2) is 34.0 Å². The maximum atomic E-state index is 5.96. The van der Waals surface area contributed by atoms with Gasteiger partial charge in [-0.15, -0.1) is 0 Å². The Bertz CT molecular complexity index is 1120. The third kappa shape index (κ3) is 4.84. The van der Waals surface area contributed by atoms with Crippen LogP contribution in [0.3, 0.4) is 0 Å². The number of aromatic nitrogens is 5. The summed E-state index contributed by atoms with van der Waals surface area (Å²) in [6.45, 7) is 8.56. The van der Waals surface area contributed by atoms with E-state index >= 15 is 0 Å². The summed E-state index contributed by atoms with van der Waals surface area (Å²) in [6.07, 6.45) is 1.46. The number of benzene rings is 1. The van der Waals surface area contributed by atoms with Gasteiger partial charge < -0.3 is 0 Å². The summed E-state index contributed by atoms with van der Waals surface area (Å²) in [4.78, 5) is 17.8. The Morgan fingerprint density at radius 3 is 2.55 bits per heavy atom. The molecular weight excluding hydrogens is 467 g/mol. The monoisotopic (exact) mass is 490 g/mol. The van der Waals surface area contributed by atoms with E-state index in [1.807, 2.05) is 22.8 Å². The van der Waals surface area contributed by atoms with Crippen LogP contribution >= 0.6 is 23.1 Å². The number of imidazole rings is 1. The molecule has 10 heteroatoms.